The highest BCUT2D eigenvalue weighted by molar-refractivity contribution is 5.94. The molecule has 15 nitrogen and oxygen atoms in total. The van der Waals surface area contributed by atoms with E-state index in [1.54, 1.807) is 6.20 Å². The van der Waals surface area contributed by atoms with Crippen molar-refractivity contribution in [3.05, 3.63) is 36.0 Å². The van der Waals surface area contributed by atoms with E-state index in [-0.39, 0.29) is 38.5 Å². The van der Waals surface area contributed by atoms with Crippen LogP contribution in [0.5, 0.6) is 0 Å². The Hall–Kier alpha value is -4.50. The van der Waals surface area contributed by atoms with Crippen LogP contribution in [0.15, 0.2) is 30.5 Å². The zero-order valence-electron chi connectivity index (χ0n) is 23.1. The molecule has 0 aliphatic rings. The zero-order chi connectivity index (χ0) is 31.2. The van der Waals surface area contributed by atoms with E-state index >= 15 is 0 Å². The second-order valence-electron chi connectivity index (χ2n) is 9.91. The molecule has 0 aliphatic heterocycles. The van der Waals surface area contributed by atoms with Crippen molar-refractivity contribution >= 4 is 46.5 Å². The monoisotopic (exact) mass is 589 g/mol. The van der Waals surface area contributed by atoms with Gasteiger partial charge < -0.3 is 48.3 Å². The molecule has 0 saturated heterocycles. The van der Waals surface area contributed by atoms with Crippen LogP contribution in [0.4, 0.5) is 0 Å². The Balaban J connectivity index is 2.18. The predicted molar refractivity (Wildman–Crippen MR) is 152 cm³/mol. The van der Waals surface area contributed by atoms with E-state index in [0.29, 0.717) is 24.9 Å². The zero-order valence-corrected chi connectivity index (χ0v) is 23.1. The maximum absolute atomic E-state index is 13.3. The van der Waals surface area contributed by atoms with Gasteiger partial charge >= 0.3 is 11.9 Å². The van der Waals surface area contributed by atoms with Crippen molar-refractivity contribution in [2.24, 2.45) is 17.2 Å². The fourth-order valence-electron chi connectivity index (χ4n) is 4.27. The van der Waals surface area contributed by atoms with Crippen LogP contribution >= 0.6 is 0 Å². The van der Waals surface area contributed by atoms with Gasteiger partial charge in [-0.3, -0.25) is 24.0 Å². The van der Waals surface area contributed by atoms with Gasteiger partial charge in [-0.1, -0.05) is 18.2 Å². The lowest BCUT2D eigenvalue weighted by Gasteiger charge is -2.25. The van der Waals surface area contributed by atoms with Crippen LogP contribution in [0.25, 0.3) is 10.9 Å². The first-order valence-corrected chi connectivity index (χ1v) is 13.6. The van der Waals surface area contributed by atoms with Crippen LogP contribution in [0.2, 0.25) is 0 Å². The molecular weight excluding hydrogens is 550 g/mol. The lowest BCUT2D eigenvalue weighted by molar-refractivity contribution is -0.142. The summed E-state index contributed by atoms with van der Waals surface area (Å²) in [7, 11) is 0. The lowest BCUT2D eigenvalue weighted by Crippen LogP contribution is -2.57. The van der Waals surface area contributed by atoms with Gasteiger partial charge in [0.1, 0.15) is 18.1 Å². The van der Waals surface area contributed by atoms with Crippen molar-refractivity contribution < 1.29 is 39.0 Å². The number of unbranched alkanes of at least 4 members (excludes halogenated alkanes) is 1. The number of carbonyl (C=O) groups is 6. The molecule has 0 aliphatic carbocycles. The Labute approximate surface area is 241 Å². The average molecular weight is 590 g/mol. The number of primary amides is 1. The molecule has 15 heteroatoms. The van der Waals surface area contributed by atoms with Gasteiger partial charge in [-0.05, 0) is 50.3 Å². The highest BCUT2D eigenvalue weighted by Crippen LogP contribution is 2.19. The third-order valence-corrected chi connectivity index (χ3v) is 6.61. The molecule has 4 amide bonds. The number of nitrogens with one attached hydrogen (secondary N) is 4. The van der Waals surface area contributed by atoms with E-state index in [2.05, 4.69) is 20.9 Å². The fourth-order valence-corrected chi connectivity index (χ4v) is 4.27. The molecule has 0 spiro atoms. The van der Waals surface area contributed by atoms with E-state index < -0.39 is 59.7 Å². The molecule has 1 aromatic carbocycles. The van der Waals surface area contributed by atoms with E-state index in [1.165, 1.54) is 0 Å². The molecule has 4 unspecified atom stereocenters. The Kier molecular flexibility index (Phi) is 13.4. The van der Waals surface area contributed by atoms with Crippen LogP contribution in [0.1, 0.15) is 50.5 Å². The van der Waals surface area contributed by atoms with Gasteiger partial charge in [0.05, 0.1) is 6.04 Å². The van der Waals surface area contributed by atoms with E-state index in [4.69, 9.17) is 22.3 Å². The normalized spacial score (nSPS) is 13.9. The molecule has 1 aromatic heterocycles. The Morgan fingerprint density at radius 2 is 1.43 bits per heavy atom. The topological polar surface area (TPSA) is 273 Å². The quantitative estimate of drug-likeness (QED) is 0.0886. The molecule has 2 rings (SSSR count). The van der Waals surface area contributed by atoms with E-state index in [0.717, 1.165) is 10.9 Å². The fraction of sp³-hybridized carbons (Fsp3) is 0.481. The van der Waals surface area contributed by atoms with Gasteiger partial charge in [0.15, 0.2) is 0 Å². The number of H-pyrrole nitrogens is 1. The number of carboxylic acids is 2. The second kappa shape index (κ2) is 16.7. The van der Waals surface area contributed by atoms with Crippen LogP contribution < -0.4 is 33.2 Å². The number of aromatic amines is 1. The first-order valence-electron chi connectivity index (χ1n) is 13.6. The molecule has 230 valence electrons. The smallest absolute Gasteiger partial charge is 0.326 e. The summed E-state index contributed by atoms with van der Waals surface area (Å²) in [6.45, 7) is 0.326. The average Bonchev–Trinajstić information content (AvgIpc) is 3.35. The summed E-state index contributed by atoms with van der Waals surface area (Å²) in [5, 5.41) is 26.9. The molecule has 0 fully saturated rings. The number of benzene rings is 1. The van der Waals surface area contributed by atoms with Crippen molar-refractivity contribution in [1.29, 1.82) is 0 Å². The number of fused-ring (bicyclic) bond motifs is 1. The van der Waals surface area contributed by atoms with Crippen LogP contribution in [0.3, 0.4) is 0 Å². The van der Waals surface area contributed by atoms with Crippen LogP contribution in [-0.4, -0.2) is 81.5 Å². The highest BCUT2D eigenvalue weighted by atomic mass is 16.4. The molecule has 42 heavy (non-hydrogen) atoms. The number of nitrogens with two attached hydrogens (primary N) is 3. The van der Waals surface area contributed by atoms with E-state index in [9.17, 15) is 33.9 Å². The number of hydrogen-bond donors (Lipinski definition) is 9. The minimum Gasteiger partial charge on any atom is -0.481 e. The third-order valence-electron chi connectivity index (χ3n) is 6.61. The maximum Gasteiger partial charge on any atom is 0.326 e. The van der Waals surface area contributed by atoms with Crippen molar-refractivity contribution in [1.82, 2.24) is 20.9 Å². The van der Waals surface area contributed by atoms with Crippen molar-refractivity contribution in [3.8, 4) is 0 Å². The van der Waals surface area contributed by atoms with Gasteiger partial charge in [0.25, 0.3) is 0 Å². The number of hydrogen-bond acceptors (Lipinski definition) is 8. The van der Waals surface area contributed by atoms with Crippen molar-refractivity contribution in [3.63, 3.8) is 0 Å². The van der Waals surface area contributed by atoms with Crippen molar-refractivity contribution in [2.45, 2.75) is 75.5 Å². The number of carbonyl (C=O) groups excluding carboxylic acids is 4. The minimum atomic E-state index is -1.33. The van der Waals surface area contributed by atoms with Crippen LogP contribution in [0, 0.1) is 0 Å². The Morgan fingerprint density at radius 1 is 0.810 bits per heavy atom. The van der Waals surface area contributed by atoms with Gasteiger partial charge in [-0.15, -0.1) is 0 Å². The highest BCUT2D eigenvalue weighted by Gasteiger charge is 2.31. The number of carboxylic acid groups (broad SMARTS) is 2. The summed E-state index contributed by atoms with van der Waals surface area (Å²) in [4.78, 5) is 76.3. The largest absolute Gasteiger partial charge is 0.481 e. The minimum absolute atomic E-state index is 0.0277. The standard InChI is InChI=1S/C27H39N7O8/c28-12-4-3-7-19(25(39)34-21(27(41)42)13-15-14-31-18-6-2-1-5-16(15)18)33-26(40)20(9-10-22(30)35)32-24(38)17(29)8-11-23(36)37/h1-2,5-6,14,17,19-21,31H,3-4,7-13,28-29H2,(H2,30,35)(H,32,38)(H,33,40)(H,34,39)(H,36,37)(H,41,42). The molecule has 2 aromatic rings. The van der Waals surface area contributed by atoms with Gasteiger partial charge in [-0.2, -0.15) is 0 Å². The summed E-state index contributed by atoms with van der Waals surface area (Å²) in [5.74, 6) is -5.58. The summed E-state index contributed by atoms with van der Waals surface area (Å²) >= 11 is 0. The second-order valence-corrected chi connectivity index (χ2v) is 9.91. The summed E-state index contributed by atoms with van der Waals surface area (Å²) < 4.78 is 0. The first kappa shape index (κ1) is 33.7. The molecule has 1 heterocycles. The first-order chi connectivity index (χ1) is 19.9. The summed E-state index contributed by atoms with van der Waals surface area (Å²) in [5.41, 5.74) is 18.0. The SMILES string of the molecule is NCCCCC(NC(=O)C(CCC(N)=O)NC(=O)C(N)CCC(=O)O)C(=O)NC(Cc1c[nH]c2ccccc12)C(=O)O. The Morgan fingerprint density at radius 3 is 2.05 bits per heavy atom. The number of rotatable bonds is 19. The number of aliphatic carboxylic acids is 2. The molecule has 0 saturated carbocycles. The number of aromatic nitrogens is 1. The number of amides is 4. The van der Waals surface area contributed by atoms with E-state index in [1.807, 2.05) is 24.3 Å². The lowest BCUT2D eigenvalue weighted by atomic mass is 10.0. The molecule has 0 radical (unpaired) electrons. The third kappa shape index (κ3) is 10.8. The Bertz CT molecular complexity index is 1260. The molecular formula is C27H39N7O8. The maximum atomic E-state index is 13.3. The molecule has 0 bridgehead atoms. The molecule has 4 atom stereocenters. The van der Waals surface area contributed by atoms with Crippen molar-refractivity contribution in [2.75, 3.05) is 6.54 Å². The summed E-state index contributed by atoms with van der Waals surface area (Å²) in [6.07, 6.45) is 1.64. The van der Waals surface area contributed by atoms with Crippen LogP contribution in [-0.2, 0) is 35.2 Å². The summed E-state index contributed by atoms with van der Waals surface area (Å²) in [6, 6.07) is 2.22. The van der Waals surface area contributed by atoms with Gasteiger partial charge in [-0.25, -0.2) is 4.79 Å². The van der Waals surface area contributed by atoms with Gasteiger partial charge in [0, 0.05) is 36.4 Å². The van der Waals surface area contributed by atoms with Gasteiger partial charge in [0.2, 0.25) is 23.6 Å². The molecule has 12 N–H and O–H groups in total. The predicted octanol–water partition coefficient (Wildman–Crippen LogP) is -1.16. The number of para-hydroxylation sites is 1.